The van der Waals surface area contributed by atoms with Crippen LogP contribution in [0.4, 0.5) is 5.69 Å². The third kappa shape index (κ3) is 4.09. The molecular formula is C29H29ClN2O4. The van der Waals surface area contributed by atoms with E-state index in [1.165, 1.54) is 0 Å². The predicted molar refractivity (Wildman–Crippen MR) is 140 cm³/mol. The van der Waals surface area contributed by atoms with Crippen LogP contribution in [-0.2, 0) is 10.2 Å². The molecule has 2 atom stereocenters. The molecule has 0 saturated heterocycles. The summed E-state index contributed by atoms with van der Waals surface area (Å²) in [5, 5.41) is 3.38. The molecule has 0 fully saturated rings. The topological polar surface area (TPSA) is 67.9 Å². The van der Waals surface area contributed by atoms with E-state index in [1.807, 2.05) is 54.6 Å². The lowest BCUT2D eigenvalue weighted by molar-refractivity contribution is -0.122. The van der Waals surface area contributed by atoms with Gasteiger partial charge in [0.15, 0.2) is 11.5 Å². The van der Waals surface area contributed by atoms with E-state index in [4.69, 9.17) is 21.1 Å². The molecule has 0 aromatic heterocycles. The Kier molecular flexibility index (Phi) is 6.17. The highest BCUT2D eigenvalue weighted by Gasteiger charge is 2.45. The zero-order chi connectivity index (χ0) is 25.6. The molecule has 7 heteroatoms. The van der Waals surface area contributed by atoms with Crippen LogP contribution in [0.1, 0.15) is 59.8 Å². The maximum Gasteiger partial charge on any atom is 0.259 e. The van der Waals surface area contributed by atoms with Gasteiger partial charge in [0.1, 0.15) is 13.2 Å². The van der Waals surface area contributed by atoms with Gasteiger partial charge in [-0.25, -0.2) is 0 Å². The summed E-state index contributed by atoms with van der Waals surface area (Å²) in [7, 11) is 1.61. The molecule has 186 valence electrons. The highest BCUT2D eigenvalue weighted by molar-refractivity contribution is 6.32. The van der Waals surface area contributed by atoms with Gasteiger partial charge < -0.3 is 14.8 Å². The quantitative estimate of drug-likeness (QED) is 0.501. The highest BCUT2D eigenvalue weighted by Crippen LogP contribution is 2.47. The van der Waals surface area contributed by atoms with Gasteiger partial charge in [-0.3, -0.25) is 14.5 Å². The third-order valence-electron chi connectivity index (χ3n) is 6.81. The molecule has 0 radical (unpaired) electrons. The number of ether oxygens (including phenoxy) is 2. The van der Waals surface area contributed by atoms with Crippen LogP contribution in [0.15, 0.2) is 60.7 Å². The Morgan fingerprint density at radius 3 is 2.42 bits per heavy atom. The van der Waals surface area contributed by atoms with Crippen LogP contribution in [0.2, 0.25) is 5.02 Å². The second kappa shape index (κ2) is 9.17. The average molecular weight is 505 g/mol. The van der Waals surface area contributed by atoms with Crippen LogP contribution in [0.5, 0.6) is 11.5 Å². The van der Waals surface area contributed by atoms with Gasteiger partial charge in [-0.1, -0.05) is 62.7 Å². The van der Waals surface area contributed by atoms with Crippen molar-refractivity contribution in [1.82, 2.24) is 5.32 Å². The first-order valence-electron chi connectivity index (χ1n) is 12.0. The fourth-order valence-corrected chi connectivity index (χ4v) is 5.56. The standard InChI is InChI=1S/C29H29ClN2O4/c1-29(2,3)21-11-10-18(16-22(21)30)32-26(17-9-12-23-24(15-17)36-14-13-35-23)25(27(33)31-4)19-7-5-6-8-20(19)28(32)34/h5-12,15-16,25-26H,13-14H2,1-4H3,(H,31,33)/t25-,26+/m1/s1. The third-order valence-corrected chi connectivity index (χ3v) is 7.13. The number of nitrogens with one attached hydrogen (secondary N) is 1. The minimum atomic E-state index is -0.646. The maximum atomic E-state index is 14.0. The molecule has 0 spiro atoms. The van der Waals surface area contributed by atoms with Gasteiger partial charge >= 0.3 is 0 Å². The second-order valence-corrected chi connectivity index (χ2v) is 10.5. The van der Waals surface area contributed by atoms with Crippen molar-refractivity contribution in [1.29, 1.82) is 0 Å². The number of hydrogen-bond donors (Lipinski definition) is 1. The number of carbonyl (C=O) groups excluding carboxylic acids is 2. The number of carbonyl (C=O) groups is 2. The molecule has 0 bridgehead atoms. The smallest absolute Gasteiger partial charge is 0.259 e. The van der Waals surface area contributed by atoms with Crippen molar-refractivity contribution in [3.05, 3.63) is 87.9 Å². The first kappa shape index (κ1) is 24.2. The van der Waals surface area contributed by atoms with E-state index < -0.39 is 12.0 Å². The van der Waals surface area contributed by atoms with E-state index in [-0.39, 0.29) is 17.2 Å². The van der Waals surface area contributed by atoms with Crippen molar-refractivity contribution >= 4 is 29.1 Å². The molecule has 2 aliphatic rings. The van der Waals surface area contributed by atoms with Crippen molar-refractivity contribution in [2.45, 2.75) is 38.1 Å². The molecule has 2 heterocycles. The number of likely N-dealkylation sites (N-methyl/N-ethyl adjacent to an activating group) is 1. The number of nitrogens with zero attached hydrogens (tertiary/aromatic N) is 1. The van der Waals surface area contributed by atoms with Crippen molar-refractivity contribution in [2.75, 3.05) is 25.2 Å². The van der Waals surface area contributed by atoms with Gasteiger partial charge in [-0.15, -0.1) is 0 Å². The van der Waals surface area contributed by atoms with E-state index >= 15 is 0 Å². The van der Waals surface area contributed by atoms with Gasteiger partial charge in [0.2, 0.25) is 5.91 Å². The van der Waals surface area contributed by atoms with E-state index in [0.717, 1.165) is 11.1 Å². The van der Waals surface area contributed by atoms with Crippen LogP contribution < -0.4 is 19.7 Å². The molecule has 0 unspecified atom stereocenters. The number of hydrogen-bond acceptors (Lipinski definition) is 4. The lowest BCUT2D eigenvalue weighted by Crippen LogP contribution is -2.47. The number of halogens is 1. The number of fused-ring (bicyclic) bond motifs is 2. The maximum absolute atomic E-state index is 14.0. The number of rotatable bonds is 3. The predicted octanol–water partition coefficient (Wildman–Crippen LogP) is 5.64. The summed E-state index contributed by atoms with van der Waals surface area (Å²) in [6, 6.07) is 18.0. The SMILES string of the molecule is CNC(=O)[C@@H]1c2ccccc2C(=O)N(c2ccc(C(C)(C)C)c(Cl)c2)[C@H]1c1ccc2c(c1)OCCO2. The summed E-state index contributed by atoms with van der Waals surface area (Å²) in [5.74, 6) is 0.227. The van der Waals surface area contributed by atoms with Crippen LogP contribution in [-0.4, -0.2) is 32.1 Å². The van der Waals surface area contributed by atoms with Crippen LogP contribution in [0, 0.1) is 0 Å². The Morgan fingerprint density at radius 1 is 1.00 bits per heavy atom. The Morgan fingerprint density at radius 2 is 1.72 bits per heavy atom. The molecule has 1 N–H and O–H groups in total. The summed E-state index contributed by atoms with van der Waals surface area (Å²) in [5.41, 5.74) is 3.41. The molecule has 5 rings (SSSR count). The van der Waals surface area contributed by atoms with Crippen molar-refractivity contribution in [3.63, 3.8) is 0 Å². The largest absolute Gasteiger partial charge is 0.486 e. The Labute approximate surface area is 216 Å². The molecule has 36 heavy (non-hydrogen) atoms. The van der Waals surface area contributed by atoms with E-state index in [0.29, 0.717) is 46.5 Å². The first-order valence-corrected chi connectivity index (χ1v) is 12.4. The van der Waals surface area contributed by atoms with Crippen LogP contribution in [0.25, 0.3) is 0 Å². The van der Waals surface area contributed by atoms with Gasteiger partial charge in [0, 0.05) is 23.3 Å². The van der Waals surface area contributed by atoms with Crippen molar-refractivity contribution in [2.24, 2.45) is 0 Å². The minimum Gasteiger partial charge on any atom is -0.486 e. The van der Waals surface area contributed by atoms with Gasteiger partial charge in [-0.2, -0.15) is 0 Å². The van der Waals surface area contributed by atoms with Crippen LogP contribution in [0.3, 0.4) is 0 Å². The molecule has 2 aliphatic heterocycles. The van der Waals surface area contributed by atoms with E-state index in [9.17, 15) is 9.59 Å². The average Bonchev–Trinajstić information content (AvgIpc) is 2.87. The summed E-state index contributed by atoms with van der Waals surface area (Å²) < 4.78 is 11.5. The van der Waals surface area contributed by atoms with Crippen molar-refractivity contribution < 1.29 is 19.1 Å². The molecule has 0 saturated carbocycles. The van der Waals surface area contributed by atoms with Gasteiger partial charge in [-0.05, 0) is 52.4 Å². The first-order chi connectivity index (χ1) is 17.2. The summed E-state index contributed by atoms with van der Waals surface area (Å²) >= 11 is 6.74. The zero-order valence-electron chi connectivity index (χ0n) is 20.8. The Hall–Kier alpha value is -3.51. The summed E-state index contributed by atoms with van der Waals surface area (Å²) in [4.78, 5) is 29.1. The lowest BCUT2D eigenvalue weighted by Gasteiger charge is -2.42. The minimum absolute atomic E-state index is 0.159. The molecule has 0 aliphatic carbocycles. The van der Waals surface area contributed by atoms with Gasteiger partial charge in [0.05, 0.1) is 12.0 Å². The van der Waals surface area contributed by atoms with E-state index in [1.54, 1.807) is 18.0 Å². The van der Waals surface area contributed by atoms with Crippen molar-refractivity contribution in [3.8, 4) is 11.5 Å². The van der Waals surface area contributed by atoms with E-state index in [2.05, 4.69) is 26.1 Å². The molecule has 2 amide bonds. The molecule has 3 aromatic carbocycles. The zero-order valence-corrected chi connectivity index (χ0v) is 21.6. The fraction of sp³-hybridized carbons (Fsp3) is 0.310. The summed E-state index contributed by atoms with van der Waals surface area (Å²) in [6.45, 7) is 7.20. The Bertz CT molecular complexity index is 1350. The summed E-state index contributed by atoms with van der Waals surface area (Å²) in [6.07, 6.45) is 0. The number of amides is 2. The fourth-order valence-electron chi connectivity index (χ4n) is 5.10. The lowest BCUT2D eigenvalue weighted by atomic mass is 9.78. The highest BCUT2D eigenvalue weighted by atomic mass is 35.5. The second-order valence-electron chi connectivity index (χ2n) is 10.1. The number of anilines is 1. The van der Waals surface area contributed by atoms with Gasteiger partial charge in [0.25, 0.3) is 5.91 Å². The monoisotopic (exact) mass is 504 g/mol. The molecule has 3 aromatic rings. The normalized spacial score (nSPS) is 19.0. The Balaban J connectivity index is 1.73. The van der Waals surface area contributed by atoms with Crippen LogP contribution >= 0.6 is 11.6 Å². The number of benzene rings is 3. The molecule has 6 nitrogen and oxygen atoms in total. The molecular weight excluding hydrogens is 476 g/mol.